The molecule has 0 spiro atoms. The lowest BCUT2D eigenvalue weighted by molar-refractivity contribution is -0.275. The Balaban J connectivity index is 0.000000204. The van der Waals surface area contributed by atoms with Gasteiger partial charge in [-0.3, -0.25) is 9.36 Å². The molecule has 1 aromatic heterocycles. The fourth-order valence-corrected chi connectivity index (χ4v) is 5.00. The number of rotatable bonds is 9. The Morgan fingerprint density at radius 2 is 1.22 bits per heavy atom. The van der Waals surface area contributed by atoms with Crippen LogP contribution < -0.4 is 20.0 Å². The third-order valence-corrected chi connectivity index (χ3v) is 7.52. The lowest BCUT2D eigenvalue weighted by Crippen LogP contribution is -2.16. The van der Waals surface area contributed by atoms with Gasteiger partial charge in [-0.15, -0.1) is 26.3 Å². The Labute approximate surface area is 294 Å². The zero-order valence-corrected chi connectivity index (χ0v) is 28.1. The maximum Gasteiger partial charge on any atom is 0.573 e. The quantitative estimate of drug-likeness (QED) is 0.0668. The number of aromatic nitrogens is 1. The molecule has 9 nitrogen and oxygen atoms in total. The molecule has 1 aliphatic heterocycles. The van der Waals surface area contributed by atoms with Crippen LogP contribution in [0.2, 0.25) is 0 Å². The molecule has 16 heteroatoms. The number of nitrogens with zero attached hydrogens (tertiary/aromatic N) is 1. The summed E-state index contributed by atoms with van der Waals surface area (Å²) in [5.74, 6) is -0.877. The number of aliphatic hydroxyl groups excluding tert-OH is 2. The van der Waals surface area contributed by atoms with E-state index in [4.69, 9.17) is 19.4 Å². The molecule has 6 rings (SSSR count). The molecule has 0 unspecified atom stereocenters. The van der Waals surface area contributed by atoms with Crippen molar-refractivity contribution in [3.05, 3.63) is 101 Å². The number of alkyl halides is 7. The van der Waals surface area contributed by atoms with Crippen molar-refractivity contribution >= 4 is 33.0 Å². The third kappa shape index (κ3) is 11.6. The molecular formula is C35H30BrF6NO8. The third-order valence-electron chi connectivity index (χ3n) is 6.96. The molecule has 4 aromatic carbocycles. The first-order valence-electron chi connectivity index (χ1n) is 15.2. The monoisotopic (exact) mass is 785 g/mol. The highest BCUT2D eigenvalue weighted by Gasteiger charge is 2.31. The average Bonchev–Trinajstić information content (AvgIpc) is 3.60. The number of aliphatic hydroxyl groups is 2. The predicted molar refractivity (Wildman–Crippen MR) is 178 cm³/mol. The van der Waals surface area contributed by atoms with Crippen LogP contribution in [-0.2, 0) is 17.8 Å². The molecule has 2 N–H and O–H groups in total. The first-order chi connectivity index (χ1) is 24.2. The molecule has 0 saturated heterocycles. The molecule has 1 aliphatic rings. The Kier molecular flexibility index (Phi) is 13.3. The van der Waals surface area contributed by atoms with Crippen LogP contribution in [0.15, 0.2) is 94.1 Å². The van der Waals surface area contributed by atoms with E-state index in [1.165, 1.54) is 53.1 Å². The molecule has 2 heterocycles. The second kappa shape index (κ2) is 17.4. The summed E-state index contributed by atoms with van der Waals surface area (Å²) in [7, 11) is 0. The van der Waals surface area contributed by atoms with Crippen molar-refractivity contribution in [3.63, 3.8) is 0 Å². The van der Waals surface area contributed by atoms with E-state index >= 15 is 0 Å². The summed E-state index contributed by atoms with van der Waals surface area (Å²) >= 11 is 3.15. The van der Waals surface area contributed by atoms with E-state index < -0.39 is 18.5 Å². The Bertz CT molecular complexity index is 1950. The zero-order valence-electron chi connectivity index (χ0n) is 26.5. The molecule has 0 radical (unpaired) electrons. The van der Waals surface area contributed by atoms with Crippen molar-refractivity contribution in [1.29, 1.82) is 0 Å². The summed E-state index contributed by atoms with van der Waals surface area (Å²) in [6, 6.07) is 21.3. The maximum absolute atomic E-state index is 12.2. The average molecular weight is 787 g/mol. The summed E-state index contributed by atoms with van der Waals surface area (Å²) < 4.78 is 92.1. The van der Waals surface area contributed by atoms with Gasteiger partial charge in [0, 0.05) is 30.7 Å². The summed E-state index contributed by atoms with van der Waals surface area (Å²) in [6.45, 7) is 0.550. The molecule has 0 fully saturated rings. The van der Waals surface area contributed by atoms with Gasteiger partial charge in [0.2, 0.25) is 0 Å². The van der Waals surface area contributed by atoms with Crippen LogP contribution in [0.25, 0.3) is 33.4 Å². The minimum absolute atomic E-state index is 0.0561. The van der Waals surface area contributed by atoms with Gasteiger partial charge in [0.15, 0.2) is 5.58 Å². The number of halogens is 7. The van der Waals surface area contributed by atoms with Gasteiger partial charge in [-0.1, -0.05) is 52.3 Å². The van der Waals surface area contributed by atoms with E-state index in [9.17, 15) is 35.9 Å². The smallest absolute Gasteiger partial charge is 0.426 e. The minimum atomic E-state index is -4.74. The van der Waals surface area contributed by atoms with Crippen molar-refractivity contribution in [2.45, 2.75) is 38.5 Å². The highest BCUT2D eigenvalue weighted by molar-refractivity contribution is 9.09. The van der Waals surface area contributed by atoms with Crippen LogP contribution in [0.5, 0.6) is 17.2 Å². The number of fused-ring (bicyclic) bond motifs is 2. The van der Waals surface area contributed by atoms with Crippen LogP contribution >= 0.6 is 15.9 Å². The molecule has 5 aromatic rings. The van der Waals surface area contributed by atoms with Crippen LogP contribution in [0.1, 0.15) is 18.4 Å². The number of oxazole rings is 1. The van der Waals surface area contributed by atoms with Crippen molar-refractivity contribution in [2.75, 3.05) is 18.5 Å². The molecule has 0 saturated carbocycles. The molecular weight excluding hydrogens is 756 g/mol. The fourth-order valence-electron chi connectivity index (χ4n) is 4.75. The topological polar surface area (TPSA) is 120 Å². The molecule has 272 valence electrons. The molecule has 0 bridgehead atoms. The second-order valence-corrected chi connectivity index (χ2v) is 11.5. The highest BCUT2D eigenvalue weighted by atomic mass is 79.9. The van der Waals surface area contributed by atoms with E-state index in [0.29, 0.717) is 47.5 Å². The number of aryl methyl sites for hydroxylation is 1. The van der Waals surface area contributed by atoms with E-state index in [0.717, 1.165) is 28.4 Å². The van der Waals surface area contributed by atoms with Crippen LogP contribution in [-0.4, -0.2) is 52.0 Å². The number of hydrogen-bond acceptors (Lipinski definition) is 8. The Hall–Kier alpha value is -4.80. The van der Waals surface area contributed by atoms with E-state index in [1.807, 2.05) is 0 Å². The maximum atomic E-state index is 12.2. The number of carbonyl (C=O) groups is 1. The van der Waals surface area contributed by atoms with Crippen LogP contribution in [0.4, 0.5) is 26.3 Å². The summed E-state index contributed by atoms with van der Waals surface area (Å²) in [6.07, 6.45) is -7.96. The van der Waals surface area contributed by atoms with E-state index in [1.54, 1.807) is 36.4 Å². The van der Waals surface area contributed by atoms with Crippen molar-refractivity contribution in [3.8, 4) is 39.5 Å². The van der Waals surface area contributed by atoms with Crippen molar-refractivity contribution in [2.24, 2.45) is 0 Å². The van der Waals surface area contributed by atoms with Gasteiger partial charge in [-0.25, -0.2) is 4.79 Å². The van der Waals surface area contributed by atoms with Gasteiger partial charge in [0.25, 0.3) is 0 Å². The van der Waals surface area contributed by atoms with Crippen molar-refractivity contribution < 1.29 is 60.0 Å². The minimum Gasteiger partial charge on any atom is -0.426 e. The van der Waals surface area contributed by atoms with E-state index in [-0.39, 0.29) is 30.5 Å². The molecule has 0 aliphatic carbocycles. The SMILES string of the molecule is O=C1Cc2cc(-c3ccc(OC(F)(F)F)cc3)ccc2O1.O=c1oc2ccc(-c3ccc(OC(F)(F)F)cc3)cc2n1CCCO.OCCCBr. The normalized spacial score (nSPS) is 12.3. The zero-order chi connectivity index (χ0) is 37.2. The van der Waals surface area contributed by atoms with Gasteiger partial charge in [0.05, 0.1) is 11.9 Å². The van der Waals surface area contributed by atoms with Gasteiger partial charge >= 0.3 is 24.5 Å². The molecule has 0 atom stereocenters. The van der Waals surface area contributed by atoms with E-state index in [2.05, 4.69) is 25.4 Å². The second-order valence-electron chi connectivity index (χ2n) is 10.7. The standard InChI is InChI=1S/C17H14F3NO4.C15H9F3O3.C3H7BrO/c18-17(19,20)25-13-5-2-11(3-6-13)12-4-7-15-14(10-12)21(8-1-9-22)16(23)24-15;16-15(17,18)21-12-4-1-9(2-5-12)10-3-6-13-11(7-10)8-14(19)20-13;4-2-1-3-5/h2-7,10,22H,1,8-9H2;1-7H,8H2;5H,1-3H2. The van der Waals surface area contributed by atoms with Gasteiger partial charge in [-0.2, -0.15) is 0 Å². The lowest BCUT2D eigenvalue weighted by atomic mass is 10.0. The predicted octanol–water partition coefficient (Wildman–Crippen LogP) is 8.02. The lowest BCUT2D eigenvalue weighted by Gasteiger charge is -2.09. The number of carbonyl (C=O) groups excluding carboxylic acids is 1. The molecule has 0 amide bonds. The van der Waals surface area contributed by atoms with Crippen LogP contribution in [0.3, 0.4) is 0 Å². The highest BCUT2D eigenvalue weighted by Crippen LogP contribution is 2.33. The van der Waals surface area contributed by atoms with Crippen LogP contribution in [0, 0.1) is 0 Å². The number of ether oxygens (including phenoxy) is 3. The Morgan fingerprint density at radius 1 is 0.706 bits per heavy atom. The first kappa shape index (κ1) is 39.0. The van der Waals surface area contributed by atoms with Gasteiger partial charge in [0.1, 0.15) is 17.2 Å². The number of esters is 1. The fraction of sp³-hybridized carbons (Fsp3) is 0.257. The summed E-state index contributed by atoms with van der Waals surface area (Å²) in [5.41, 5.74) is 4.64. The van der Waals surface area contributed by atoms with Crippen molar-refractivity contribution in [1.82, 2.24) is 4.57 Å². The van der Waals surface area contributed by atoms with Gasteiger partial charge < -0.3 is 28.8 Å². The molecule has 51 heavy (non-hydrogen) atoms. The largest absolute Gasteiger partial charge is 0.573 e. The summed E-state index contributed by atoms with van der Waals surface area (Å²) in [4.78, 5) is 23.0. The number of benzene rings is 4. The number of hydrogen-bond donors (Lipinski definition) is 2. The Morgan fingerprint density at radius 3 is 1.71 bits per heavy atom. The summed E-state index contributed by atoms with van der Waals surface area (Å²) in [5, 5.41) is 17.9. The first-order valence-corrected chi connectivity index (χ1v) is 16.3. The van der Waals surface area contributed by atoms with Gasteiger partial charge in [-0.05, 0) is 83.6 Å².